The van der Waals surface area contributed by atoms with E-state index >= 15 is 0 Å². The summed E-state index contributed by atoms with van der Waals surface area (Å²) in [5.74, 6) is -0.0957. The predicted molar refractivity (Wildman–Crippen MR) is 92.5 cm³/mol. The molecule has 6 nitrogen and oxygen atoms in total. The maximum Gasteiger partial charge on any atom is 0.340 e. The summed E-state index contributed by atoms with van der Waals surface area (Å²) in [7, 11) is 1.54. The maximum atomic E-state index is 12.1. The van der Waals surface area contributed by atoms with Crippen molar-refractivity contribution in [3.8, 4) is 5.75 Å². The van der Waals surface area contributed by atoms with Crippen LogP contribution in [0.25, 0.3) is 0 Å². The van der Waals surface area contributed by atoms with Crippen LogP contribution >= 0.6 is 0 Å². The molecule has 2 rings (SSSR count). The summed E-state index contributed by atoms with van der Waals surface area (Å²) in [5.41, 5.74) is 1.53. The molecule has 126 valence electrons. The molecule has 0 unspecified atom stereocenters. The van der Waals surface area contributed by atoms with Crippen LogP contribution in [0.3, 0.4) is 0 Å². The van der Waals surface area contributed by atoms with E-state index in [2.05, 4.69) is 10.6 Å². The van der Waals surface area contributed by atoms with Gasteiger partial charge in [0.2, 0.25) is 5.91 Å². The topological polar surface area (TPSA) is 76.7 Å². The van der Waals surface area contributed by atoms with E-state index in [0.717, 1.165) is 0 Å². The second-order valence-corrected chi connectivity index (χ2v) is 4.87. The first-order valence-corrected chi connectivity index (χ1v) is 7.58. The summed E-state index contributed by atoms with van der Waals surface area (Å²) < 4.78 is 10.2. The van der Waals surface area contributed by atoms with Crippen molar-refractivity contribution in [3.05, 3.63) is 54.1 Å². The van der Waals surface area contributed by atoms with Gasteiger partial charge in [0.1, 0.15) is 5.75 Å². The van der Waals surface area contributed by atoms with Gasteiger partial charge >= 0.3 is 5.97 Å². The Labute approximate surface area is 140 Å². The Bertz CT molecular complexity index is 716. The molecule has 2 aromatic carbocycles. The highest BCUT2D eigenvalue weighted by molar-refractivity contribution is 5.98. The minimum Gasteiger partial charge on any atom is -0.495 e. The number of anilines is 2. The maximum absolute atomic E-state index is 12.1. The average molecular weight is 328 g/mol. The molecule has 0 spiro atoms. The number of methoxy groups -OCH3 is 1. The third kappa shape index (κ3) is 4.49. The van der Waals surface area contributed by atoms with Crippen molar-refractivity contribution in [1.82, 2.24) is 0 Å². The molecular formula is C18H20N2O4. The highest BCUT2D eigenvalue weighted by Gasteiger charge is 2.13. The fraction of sp³-hybridized carbons (Fsp3) is 0.222. The standard InChI is InChI=1S/C18H20N2O4/c1-3-24-18(22)13-8-4-5-9-14(13)19-12-17(21)20-15-10-6-7-11-16(15)23-2/h4-11,19H,3,12H2,1-2H3,(H,20,21). The number of hydrogen-bond donors (Lipinski definition) is 2. The van der Waals surface area contributed by atoms with E-state index < -0.39 is 5.97 Å². The number of hydrogen-bond acceptors (Lipinski definition) is 5. The van der Waals surface area contributed by atoms with E-state index in [-0.39, 0.29) is 12.5 Å². The molecular weight excluding hydrogens is 308 g/mol. The van der Waals surface area contributed by atoms with Crippen LogP contribution in [0.1, 0.15) is 17.3 Å². The molecule has 0 aromatic heterocycles. The molecule has 2 N–H and O–H groups in total. The lowest BCUT2D eigenvalue weighted by atomic mass is 10.2. The lowest BCUT2D eigenvalue weighted by molar-refractivity contribution is -0.114. The Morgan fingerprint density at radius 1 is 1.00 bits per heavy atom. The molecule has 0 saturated heterocycles. The summed E-state index contributed by atoms with van der Waals surface area (Å²) in [4.78, 5) is 24.0. The minimum atomic E-state index is -0.425. The quantitative estimate of drug-likeness (QED) is 0.764. The third-order valence-corrected chi connectivity index (χ3v) is 3.24. The molecule has 24 heavy (non-hydrogen) atoms. The van der Waals surface area contributed by atoms with Crippen LogP contribution in [0, 0.1) is 0 Å². The second-order valence-electron chi connectivity index (χ2n) is 4.87. The van der Waals surface area contributed by atoms with Gasteiger partial charge in [-0.1, -0.05) is 24.3 Å². The van der Waals surface area contributed by atoms with Gasteiger partial charge in [0.15, 0.2) is 0 Å². The monoisotopic (exact) mass is 328 g/mol. The molecule has 0 atom stereocenters. The van der Waals surface area contributed by atoms with Gasteiger partial charge in [-0.15, -0.1) is 0 Å². The highest BCUT2D eigenvalue weighted by atomic mass is 16.5. The van der Waals surface area contributed by atoms with E-state index in [9.17, 15) is 9.59 Å². The van der Waals surface area contributed by atoms with E-state index in [0.29, 0.717) is 29.3 Å². The van der Waals surface area contributed by atoms with E-state index in [4.69, 9.17) is 9.47 Å². The molecule has 0 radical (unpaired) electrons. The lowest BCUT2D eigenvalue weighted by Crippen LogP contribution is -2.23. The SMILES string of the molecule is CCOC(=O)c1ccccc1NCC(=O)Nc1ccccc1OC. The van der Waals surface area contributed by atoms with Crippen molar-refractivity contribution in [2.75, 3.05) is 30.9 Å². The molecule has 0 fully saturated rings. The van der Waals surface area contributed by atoms with Crippen LogP contribution in [0.4, 0.5) is 11.4 Å². The summed E-state index contributed by atoms with van der Waals surface area (Å²) in [6, 6.07) is 14.0. The zero-order chi connectivity index (χ0) is 17.4. The summed E-state index contributed by atoms with van der Waals surface area (Å²) in [6.07, 6.45) is 0. The van der Waals surface area contributed by atoms with Crippen molar-refractivity contribution in [2.24, 2.45) is 0 Å². The van der Waals surface area contributed by atoms with Crippen molar-refractivity contribution in [2.45, 2.75) is 6.92 Å². The number of carbonyl (C=O) groups excluding carboxylic acids is 2. The molecule has 0 aliphatic carbocycles. The Morgan fingerprint density at radius 2 is 1.67 bits per heavy atom. The predicted octanol–water partition coefficient (Wildman–Crippen LogP) is 2.92. The number of rotatable bonds is 7. The third-order valence-electron chi connectivity index (χ3n) is 3.24. The number of esters is 1. The van der Waals surface area contributed by atoms with E-state index in [1.54, 1.807) is 50.4 Å². The van der Waals surface area contributed by atoms with Crippen LogP contribution in [0.15, 0.2) is 48.5 Å². The fourth-order valence-corrected chi connectivity index (χ4v) is 2.14. The minimum absolute atomic E-state index is 0.00840. The van der Waals surface area contributed by atoms with Crippen molar-refractivity contribution >= 4 is 23.3 Å². The Kier molecular flexibility index (Phi) is 6.19. The zero-order valence-electron chi connectivity index (χ0n) is 13.7. The molecule has 1 amide bonds. The van der Waals surface area contributed by atoms with Crippen molar-refractivity contribution in [1.29, 1.82) is 0 Å². The second kappa shape index (κ2) is 8.57. The molecule has 0 aliphatic heterocycles. The highest BCUT2D eigenvalue weighted by Crippen LogP contribution is 2.23. The summed E-state index contributed by atoms with van der Waals surface area (Å²) in [5, 5.41) is 5.72. The molecule has 0 aliphatic rings. The average Bonchev–Trinajstić information content (AvgIpc) is 2.61. The Balaban J connectivity index is 2.01. The van der Waals surface area contributed by atoms with Crippen LogP contribution in [-0.4, -0.2) is 32.1 Å². The van der Waals surface area contributed by atoms with Gasteiger partial charge in [-0.2, -0.15) is 0 Å². The van der Waals surface area contributed by atoms with Gasteiger partial charge in [-0.25, -0.2) is 4.79 Å². The van der Waals surface area contributed by atoms with Gasteiger partial charge in [-0.3, -0.25) is 4.79 Å². The van der Waals surface area contributed by atoms with Crippen LogP contribution < -0.4 is 15.4 Å². The van der Waals surface area contributed by atoms with Gasteiger partial charge < -0.3 is 20.1 Å². The van der Waals surface area contributed by atoms with Gasteiger partial charge in [0, 0.05) is 5.69 Å². The summed E-state index contributed by atoms with van der Waals surface area (Å²) in [6.45, 7) is 2.05. The smallest absolute Gasteiger partial charge is 0.340 e. The number of nitrogens with one attached hydrogen (secondary N) is 2. The number of carbonyl (C=O) groups is 2. The van der Waals surface area contributed by atoms with Crippen molar-refractivity contribution < 1.29 is 19.1 Å². The van der Waals surface area contributed by atoms with Gasteiger partial charge in [0.25, 0.3) is 0 Å². The number of benzene rings is 2. The number of ether oxygens (including phenoxy) is 2. The lowest BCUT2D eigenvalue weighted by Gasteiger charge is -2.12. The molecule has 0 heterocycles. The van der Waals surface area contributed by atoms with E-state index in [1.807, 2.05) is 12.1 Å². The van der Waals surface area contributed by atoms with Crippen LogP contribution in [0.5, 0.6) is 5.75 Å². The summed E-state index contributed by atoms with van der Waals surface area (Å²) >= 11 is 0. The molecule has 0 saturated carbocycles. The molecule has 2 aromatic rings. The Morgan fingerprint density at radius 3 is 2.38 bits per heavy atom. The number of amides is 1. The normalized spacial score (nSPS) is 9.92. The number of para-hydroxylation sites is 3. The molecule has 0 bridgehead atoms. The van der Waals surface area contributed by atoms with Crippen LogP contribution in [0.2, 0.25) is 0 Å². The van der Waals surface area contributed by atoms with E-state index in [1.165, 1.54) is 0 Å². The zero-order valence-corrected chi connectivity index (χ0v) is 13.7. The molecule has 6 heteroatoms. The van der Waals surface area contributed by atoms with Gasteiger partial charge in [0.05, 0.1) is 31.5 Å². The van der Waals surface area contributed by atoms with Gasteiger partial charge in [-0.05, 0) is 31.2 Å². The first kappa shape index (κ1) is 17.3. The Hall–Kier alpha value is -3.02. The van der Waals surface area contributed by atoms with Crippen molar-refractivity contribution in [3.63, 3.8) is 0 Å². The first-order valence-electron chi connectivity index (χ1n) is 7.58. The largest absolute Gasteiger partial charge is 0.495 e. The fourth-order valence-electron chi connectivity index (χ4n) is 2.14. The van der Waals surface area contributed by atoms with Crippen LogP contribution in [-0.2, 0) is 9.53 Å². The first-order chi connectivity index (χ1) is 11.7.